The summed E-state index contributed by atoms with van der Waals surface area (Å²) >= 11 is 0. The number of carbonyl (C=O) groups is 2. The molecule has 1 saturated carbocycles. The predicted molar refractivity (Wildman–Crippen MR) is 119 cm³/mol. The van der Waals surface area contributed by atoms with Gasteiger partial charge in [-0.05, 0) is 55.7 Å². The molecule has 32 heavy (non-hydrogen) atoms. The molecular weight excluding hydrogens is 428 g/mol. The van der Waals surface area contributed by atoms with Gasteiger partial charge in [-0.3, -0.25) is 9.59 Å². The number of rotatable bonds is 7. The van der Waals surface area contributed by atoms with E-state index in [0.29, 0.717) is 36.8 Å². The van der Waals surface area contributed by atoms with Gasteiger partial charge in [0.2, 0.25) is 0 Å². The Kier molecular flexibility index (Phi) is 5.77. The zero-order valence-electron chi connectivity index (χ0n) is 19.1. The highest BCUT2D eigenvalue weighted by molar-refractivity contribution is 7.92. The number of carbonyl (C=O) groups excluding carboxylic acids is 2. The van der Waals surface area contributed by atoms with Gasteiger partial charge in [0.15, 0.2) is 20.6 Å². The quantitative estimate of drug-likeness (QED) is 0.590. The highest BCUT2D eigenvalue weighted by Gasteiger charge is 2.40. The van der Waals surface area contributed by atoms with E-state index in [1.54, 1.807) is 19.1 Å². The summed E-state index contributed by atoms with van der Waals surface area (Å²) in [5.74, 6) is -0.318. The van der Waals surface area contributed by atoms with Crippen LogP contribution in [0, 0.1) is 12.3 Å². The lowest BCUT2D eigenvalue weighted by Gasteiger charge is -2.30. The molecule has 2 aliphatic rings. The second-order valence-corrected chi connectivity index (χ2v) is 11.7. The fourth-order valence-corrected chi connectivity index (χ4v) is 6.50. The minimum absolute atomic E-state index is 0.0334. The van der Waals surface area contributed by atoms with Gasteiger partial charge in [0.05, 0.1) is 11.9 Å². The molecule has 0 amide bonds. The van der Waals surface area contributed by atoms with E-state index in [4.69, 9.17) is 4.74 Å². The van der Waals surface area contributed by atoms with Crippen molar-refractivity contribution in [1.29, 1.82) is 0 Å². The van der Waals surface area contributed by atoms with Crippen LogP contribution in [0.4, 0.5) is 0 Å². The lowest BCUT2D eigenvalue weighted by molar-refractivity contribution is -0.143. The number of ether oxygens (including phenoxy) is 1. The summed E-state index contributed by atoms with van der Waals surface area (Å²) < 4.78 is 33.0. The average molecular weight is 459 g/mol. The topological polar surface area (TPSA) is 95.3 Å². The van der Waals surface area contributed by atoms with E-state index in [9.17, 15) is 18.0 Å². The van der Waals surface area contributed by atoms with Crippen molar-refractivity contribution in [3.05, 3.63) is 46.4 Å². The first kappa shape index (κ1) is 22.7. The monoisotopic (exact) mass is 458 g/mol. The van der Waals surface area contributed by atoms with Crippen LogP contribution in [0.2, 0.25) is 0 Å². The Morgan fingerprint density at radius 3 is 2.66 bits per heavy atom. The van der Waals surface area contributed by atoms with Crippen molar-refractivity contribution in [2.75, 3.05) is 6.61 Å². The molecule has 0 aromatic carbocycles. The van der Waals surface area contributed by atoms with Crippen LogP contribution in [-0.4, -0.2) is 41.6 Å². The summed E-state index contributed by atoms with van der Waals surface area (Å²) in [6.45, 7) is 8.07. The Labute approximate surface area is 189 Å². The predicted octanol–water partition coefficient (Wildman–Crippen LogP) is 3.44. The minimum Gasteiger partial charge on any atom is -0.465 e. The number of sulfone groups is 1. The first-order valence-electron chi connectivity index (χ1n) is 11.1. The third-order valence-corrected chi connectivity index (χ3v) is 8.62. The summed E-state index contributed by atoms with van der Waals surface area (Å²) in [6.07, 6.45) is 4.18. The first-order valence-corrected chi connectivity index (χ1v) is 12.7. The van der Waals surface area contributed by atoms with Gasteiger partial charge in [-0.15, -0.1) is 0 Å². The van der Waals surface area contributed by atoms with Crippen molar-refractivity contribution < 1.29 is 22.7 Å². The standard InChI is InChI=1S/C24H30N2O5S/c1-5-31-21(28)14-26-15(2)18(22-19(26)12-24(3,4)13-20(22)27)11-16-7-6-10-25-23(16)32(29,30)17-8-9-17/h6-7,10,17H,5,8-9,11-14H2,1-4H3. The molecule has 0 bridgehead atoms. The molecule has 1 fully saturated rings. The molecule has 2 aromatic heterocycles. The van der Waals surface area contributed by atoms with Crippen LogP contribution in [0.1, 0.15) is 72.9 Å². The second kappa shape index (κ2) is 8.14. The smallest absolute Gasteiger partial charge is 0.325 e. The molecule has 7 nitrogen and oxygen atoms in total. The molecule has 172 valence electrons. The molecule has 2 aromatic rings. The van der Waals surface area contributed by atoms with Gasteiger partial charge in [-0.2, -0.15) is 0 Å². The van der Waals surface area contributed by atoms with E-state index in [1.807, 2.05) is 25.3 Å². The number of hydrogen-bond donors (Lipinski definition) is 0. The lowest BCUT2D eigenvalue weighted by Crippen LogP contribution is -2.29. The van der Waals surface area contributed by atoms with Crippen LogP contribution in [0.15, 0.2) is 23.4 Å². The van der Waals surface area contributed by atoms with Crippen molar-refractivity contribution in [2.45, 2.75) is 76.6 Å². The Bertz CT molecular complexity index is 1190. The number of ketones is 1. The van der Waals surface area contributed by atoms with Gasteiger partial charge < -0.3 is 9.30 Å². The second-order valence-electron chi connectivity index (χ2n) is 9.61. The molecule has 8 heteroatoms. The molecule has 0 saturated heterocycles. The highest BCUT2D eigenvalue weighted by atomic mass is 32.2. The number of pyridine rings is 1. The fraction of sp³-hybridized carbons (Fsp3) is 0.542. The molecule has 0 aliphatic heterocycles. The maximum atomic E-state index is 13.2. The molecule has 4 rings (SSSR count). The number of aromatic nitrogens is 2. The Hall–Kier alpha value is -2.48. The molecule has 2 heterocycles. The number of fused-ring (bicyclic) bond motifs is 1. The Balaban J connectivity index is 1.82. The van der Waals surface area contributed by atoms with E-state index in [2.05, 4.69) is 4.98 Å². The van der Waals surface area contributed by atoms with E-state index < -0.39 is 9.84 Å². The van der Waals surface area contributed by atoms with Crippen molar-refractivity contribution >= 4 is 21.6 Å². The van der Waals surface area contributed by atoms with Gasteiger partial charge in [0.25, 0.3) is 0 Å². The van der Waals surface area contributed by atoms with Crippen LogP contribution >= 0.6 is 0 Å². The minimum atomic E-state index is -3.48. The van der Waals surface area contributed by atoms with Gasteiger partial charge >= 0.3 is 5.97 Å². The van der Waals surface area contributed by atoms with Crippen LogP contribution in [0.25, 0.3) is 0 Å². The van der Waals surface area contributed by atoms with Gasteiger partial charge in [0.1, 0.15) is 6.54 Å². The summed E-state index contributed by atoms with van der Waals surface area (Å²) in [6, 6.07) is 3.50. The zero-order valence-corrected chi connectivity index (χ0v) is 19.9. The lowest BCUT2D eigenvalue weighted by atomic mass is 9.75. The SMILES string of the molecule is CCOC(=O)Cn1c(C)c(Cc2cccnc2S(=O)(=O)C2CC2)c2c1CC(C)(C)CC2=O. The first-order chi connectivity index (χ1) is 15.0. The third-order valence-electron chi connectivity index (χ3n) is 6.36. The largest absolute Gasteiger partial charge is 0.465 e. The molecule has 2 aliphatic carbocycles. The van der Waals surface area contributed by atoms with E-state index >= 15 is 0 Å². The maximum Gasteiger partial charge on any atom is 0.325 e. The van der Waals surface area contributed by atoms with Crippen LogP contribution in [0.5, 0.6) is 0 Å². The maximum absolute atomic E-state index is 13.2. The summed E-state index contributed by atoms with van der Waals surface area (Å²) in [5, 5.41) is -0.251. The molecule has 0 spiro atoms. The summed E-state index contributed by atoms with van der Waals surface area (Å²) in [5.41, 5.74) is 3.42. The fourth-order valence-electron chi connectivity index (χ4n) is 4.71. The molecule has 0 radical (unpaired) electrons. The van der Waals surface area contributed by atoms with Crippen LogP contribution in [-0.2, 0) is 38.8 Å². The Morgan fingerprint density at radius 2 is 2.00 bits per heavy atom. The zero-order chi connectivity index (χ0) is 23.3. The van der Waals surface area contributed by atoms with Crippen LogP contribution in [0.3, 0.4) is 0 Å². The van der Waals surface area contributed by atoms with Gasteiger partial charge in [-0.25, -0.2) is 13.4 Å². The Morgan fingerprint density at radius 1 is 1.28 bits per heavy atom. The number of hydrogen-bond acceptors (Lipinski definition) is 6. The van der Waals surface area contributed by atoms with Crippen molar-refractivity contribution in [3.63, 3.8) is 0 Å². The summed E-state index contributed by atoms with van der Waals surface area (Å²) in [4.78, 5) is 29.8. The highest BCUT2D eigenvalue weighted by Crippen LogP contribution is 2.40. The number of Topliss-reactive ketones (excluding diaryl/α,β-unsaturated/α-hetero) is 1. The van der Waals surface area contributed by atoms with E-state index in [-0.39, 0.29) is 47.0 Å². The van der Waals surface area contributed by atoms with Crippen molar-refractivity contribution in [3.8, 4) is 0 Å². The van der Waals surface area contributed by atoms with E-state index in [0.717, 1.165) is 17.0 Å². The number of esters is 1. The molecule has 0 N–H and O–H groups in total. The van der Waals surface area contributed by atoms with Crippen molar-refractivity contribution in [2.24, 2.45) is 5.41 Å². The van der Waals surface area contributed by atoms with Crippen LogP contribution < -0.4 is 0 Å². The summed E-state index contributed by atoms with van der Waals surface area (Å²) in [7, 11) is -3.48. The third kappa shape index (κ3) is 4.12. The average Bonchev–Trinajstić information content (AvgIpc) is 3.52. The van der Waals surface area contributed by atoms with Gasteiger partial charge in [0, 0.05) is 36.0 Å². The van der Waals surface area contributed by atoms with Gasteiger partial charge in [-0.1, -0.05) is 19.9 Å². The normalized spacial score (nSPS) is 17.8. The molecular formula is C24H30N2O5S. The molecule has 0 unspecified atom stereocenters. The van der Waals surface area contributed by atoms with E-state index in [1.165, 1.54) is 6.20 Å². The number of nitrogens with zero attached hydrogens (tertiary/aromatic N) is 2. The van der Waals surface area contributed by atoms with Crippen molar-refractivity contribution in [1.82, 2.24) is 9.55 Å². The molecule has 0 atom stereocenters.